The van der Waals surface area contributed by atoms with Crippen molar-refractivity contribution in [1.29, 1.82) is 0 Å². The summed E-state index contributed by atoms with van der Waals surface area (Å²) in [6, 6.07) is 11.5. The van der Waals surface area contributed by atoms with E-state index in [1.807, 2.05) is 6.92 Å². The van der Waals surface area contributed by atoms with E-state index >= 15 is 0 Å². The number of Topliss-reactive ketones (excluding diaryl/α,β-unsaturated/α-hetero) is 1. The first-order valence-electron chi connectivity index (χ1n) is 9.23. The summed E-state index contributed by atoms with van der Waals surface area (Å²) in [4.78, 5) is 36.6. The number of hydrogen-bond acceptors (Lipinski definition) is 6. The largest absolute Gasteiger partial charge is 0.496 e. The Morgan fingerprint density at radius 2 is 1.83 bits per heavy atom. The summed E-state index contributed by atoms with van der Waals surface area (Å²) in [5, 5.41) is 2.63. The number of methoxy groups -OCH3 is 1. The Labute approximate surface area is 170 Å². The maximum atomic E-state index is 12.5. The SMILES string of the molecule is CCOCc1cc(C(=O)O[C@@H](C)C(=O)Nc2ccccc2C(C)=O)ccc1OC. The van der Waals surface area contributed by atoms with Gasteiger partial charge in [-0.2, -0.15) is 0 Å². The smallest absolute Gasteiger partial charge is 0.338 e. The van der Waals surface area contributed by atoms with Crippen molar-refractivity contribution >= 4 is 23.3 Å². The van der Waals surface area contributed by atoms with Gasteiger partial charge >= 0.3 is 5.97 Å². The van der Waals surface area contributed by atoms with Crippen LogP contribution in [0.25, 0.3) is 0 Å². The van der Waals surface area contributed by atoms with Crippen molar-refractivity contribution in [1.82, 2.24) is 0 Å². The van der Waals surface area contributed by atoms with E-state index in [-0.39, 0.29) is 11.3 Å². The molecule has 0 radical (unpaired) electrons. The van der Waals surface area contributed by atoms with E-state index in [2.05, 4.69) is 5.32 Å². The van der Waals surface area contributed by atoms with Crippen LogP contribution >= 0.6 is 0 Å². The fourth-order valence-electron chi connectivity index (χ4n) is 2.65. The normalized spacial score (nSPS) is 11.4. The number of carbonyl (C=O) groups is 3. The molecule has 2 aromatic rings. The van der Waals surface area contributed by atoms with E-state index in [0.29, 0.717) is 35.8 Å². The van der Waals surface area contributed by atoms with Gasteiger partial charge in [-0.15, -0.1) is 0 Å². The molecule has 0 aromatic heterocycles. The molecule has 0 spiro atoms. The Kier molecular flexibility index (Phi) is 7.91. The predicted molar refractivity (Wildman–Crippen MR) is 108 cm³/mol. The molecule has 2 aromatic carbocycles. The zero-order valence-electron chi connectivity index (χ0n) is 17.0. The summed E-state index contributed by atoms with van der Waals surface area (Å²) >= 11 is 0. The number of nitrogens with one attached hydrogen (secondary N) is 1. The second-order valence-electron chi connectivity index (χ2n) is 6.30. The number of esters is 1. The van der Waals surface area contributed by atoms with Gasteiger partial charge in [0.1, 0.15) is 5.75 Å². The molecule has 0 aliphatic rings. The number of para-hydroxylation sites is 1. The van der Waals surface area contributed by atoms with Gasteiger partial charge in [0.25, 0.3) is 5.91 Å². The van der Waals surface area contributed by atoms with Crippen LogP contribution in [0.1, 0.15) is 47.1 Å². The van der Waals surface area contributed by atoms with Gasteiger partial charge in [0.05, 0.1) is 25.0 Å². The zero-order valence-corrected chi connectivity index (χ0v) is 17.0. The number of anilines is 1. The van der Waals surface area contributed by atoms with Crippen LogP contribution in [0.3, 0.4) is 0 Å². The molecule has 0 fully saturated rings. The molecule has 0 aliphatic heterocycles. The third kappa shape index (κ3) is 5.89. The first-order chi connectivity index (χ1) is 13.9. The monoisotopic (exact) mass is 399 g/mol. The predicted octanol–water partition coefficient (Wildman–Crippen LogP) is 3.62. The molecule has 0 aliphatic carbocycles. The number of rotatable bonds is 9. The summed E-state index contributed by atoms with van der Waals surface area (Å²) < 4.78 is 15.9. The summed E-state index contributed by atoms with van der Waals surface area (Å²) in [7, 11) is 1.54. The topological polar surface area (TPSA) is 90.9 Å². The van der Waals surface area contributed by atoms with Gasteiger partial charge in [0.2, 0.25) is 0 Å². The molecular formula is C22H25NO6. The summed E-state index contributed by atoms with van der Waals surface area (Å²) in [5.74, 6) is -0.754. The van der Waals surface area contributed by atoms with Crippen LogP contribution in [0.5, 0.6) is 5.75 Å². The van der Waals surface area contributed by atoms with Gasteiger partial charge in [0, 0.05) is 17.7 Å². The lowest BCUT2D eigenvalue weighted by Crippen LogP contribution is -2.30. The maximum absolute atomic E-state index is 12.5. The van der Waals surface area contributed by atoms with Gasteiger partial charge < -0.3 is 19.5 Å². The van der Waals surface area contributed by atoms with E-state index in [0.717, 1.165) is 0 Å². The molecule has 0 saturated heterocycles. The Balaban J connectivity index is 2.08. The highest BCUT2D eigenvalue weighted by Gasteiger charge is 2.21. The highest BCUT2D eigenvalue weighted by atomic mass is 16.5. The molecule has 7 nitrogen and oxygen atoms in total. The second kappa shape index (κ2) is 10.4. The second-order valence-corrected chi connectivity index (χ2v) is 6.30. The van der Waals surface area contributed by atoms with Gasteiger partial charge in [-0.1, -0.05) is 12.1 Å². The number of benzene rings is 2. The van der Waals surface area contributed by atoms with Crippen LogP contribution in [0, 0.1) is 0 Å². The summed E-state index contributed by atoms with van der Waals surface area (Å²) in [6.45, 7) is 5.57. The average molecular weight is 399 g/mol. The highest BCUT2D eigenvalue weighted by Crippen LogP contribution is 2.22. The highest BCUT2D eigenvalue weighted by molar-refractivity contribution is 6.05. The molecule has 0 heterocycles. The number of hydrogen-bond donors (Lipinski definition) is 1. The van der Waals surface area contributed by atoms with E-state index in [9.17, 15) is 14.4 Å². The Hall–Kier alpha value is -3.19. The van der Waals surface area contributed by atoms with Crippen molar-refractivity contribution in [3.8, 4) is 5.75 Å². The Morgan fingerprint density at radius 1 is 1.10 bits per heavy atom. The molecule has 29 heavy (non-hydrogen) atoms. The van der Waals surface area contributed by atoms with Crippen molar-refractivity contribution in [3.63, 3.8) is 0 Å². The average Bonchev–Trinajstić information content (AvgIpc) is 2.72. The van der Waals surface area contributed by atoms with Crippen LogP contribution in [0.15, 0.2) is 42.5 Å². The fraction of sp³-hybridized carbons (Fsp3) is 0.318. The number of amides is 1. The van der Waals surface area contributed by atoms with Crippen molar-refractivity contribution in [2.75, 3.05) is 19.0 Å². The molecule has 1 amide bonds. The first-order valence-corrected chi connectivity index (χ1v) is 9.23. The lowest BCUT2D eigenvalue weighted by atomic mass is 10.1. The van der Waals surface area contributed by atoms with Gasteiger partial charge in [-0.25, -0.2) is 4.79 Å². The summed E-state index contributed by atoms with van der Waals surface area (Å²) in [6.07, 6.45) is -1.06. The quantitative estimate of drug-likeness (QED) is 0.512. The van der Waals surface area contributed by atoms with Gasteiger partial charge in [0.15, 0.2) is 11.9 Å². The molecule has 2 rings (SSSR count). The fourth-order valence-corrected chi connectivity index (χ4v) is 2.65. The third-order valence-corrected chi connectivity index (χ3v) is 4.20. The molecule has 1 N–H and O–H groups in total. The molecule has 0 unspecified atom stereocenters. The van der Waals surface area contributed by atoms with Crippen molar-refractivity contribution in [2.45, 2.75) is 33.5 Å². The minimum absolute atomic E-state index is 0.175. The maximum Gasteiger partial charge on any atom is 0.338 e. The van der Waals surface area contributed by atoms with Crippen LogP contribution in [0.4, 0.5) is 5.69 Å². The molecule has 0 bridgehead atoms. The molecule has 0 saturated carbocycles. The molecular weight excluding hydrogens is 374 g/mol. The van der Waals surface area contributed by atoms with Crippen LogP contribution < -0.4 is 10.1 Å². The minimum atomic E-state index is -1.06. The van der Waals surface area contributed by atoms with E-state index in [4.69, 9.17) is 14.2 Å². The minimum Gasteiger partial charge on any atom is -0.496 e. The first kappa shape index (κ1) is 22.1. The Morgan fingerprint density at radius 3 is 2.48 bits per heavy atom. The lowest BCUT2D eigenvalue weighted by Gasteiger charge is -2.16. The summed E-state index contributed by atoms with van der Waals surface area (Å²) in [5.41, 5.74) is 1.74. The van der Waals surface area contributed by atoms with Crippen molar-refractivity contribution < 1.29 is 28.6 Å². The molecule has 7 heteroatoms. The van der Waals surface area contributed by atoms with E-state index < -0.39 is 18.0 Å². The Bertz CT molecular complexity index is 893. The van der Waals surface area contributed by atoms with Gasteiger partial charge in [-0.05, 0) is 51.1 Å². The van der Waals surface area contributed by atoms with Crippen LogP contribution in [0.2, 0.25) is 0 Å². The van der Waals surface area contributed by atoms with E-state index in [1.165, 1.54) is 21.0 Å². The lowest BCUT2D eigenvalue weighted by molar-refractivity contribution is -0.123. The van der Waals surface area contributed by atoms with Crippen molar-refractivity contribution in [2.24, 2.45) is 0 Å². The van der Waals surface area contributed by atoms with Crippen LogP contribution in [-0.4, -0.2) is 37.5 Å². The van der Waals surface area contributed by atoms with Crippen LogP contribution in [-0.2, 0) is 20.9 Å². The number of ketones is 1. The van der Waals surface area contributed by atoms with Crippen molar-refractivity contribution in [3.05, 3.63) is 59.2 Å². The number of ether oxygens (including phenoxy) is 3. The standard InChI is InChI=1S/C22H25NO6/c1-5-28-13-17-12-16(10-11-20(17)27-4)22(26)29-15(3)21(25)23-19-9-7-6-8-18(19)14(2)24/h6-12,15H,5,13H2,1-4H3,(H,23,25)/t15-/m0/s1. The number of carbonyl (C=O) groups excluding carboxylic acids is 3. The van der Waals surface area contributed by atoms with E-state index in [1.54, 1.807) is 42.5 Å². The van der Waals surface area contributed by atoms with Gasteiger partial charge in [-0.3, -0.25) is 9.59 Å². The third-order valence-electron chi connectivity index (χ3n) is 4.20. The molecule has 1 atom stereocenters. The zero-order chi connectivity index (χ0) is 21.4. The molecule has 154 valence electrons.